The molecule has 69 heavy (non-hydrogen) atoms. The SMILES string of the molecule is CCc1cc(C(F)(C(F)(F)F)C(F)(F)F)cc(C)c1CC(=O)c1ccc(C#N)c(C)c1.CCc1cc(C(F)(C(F)(F)F)C(F)(F)F)cc(C)c1CC(=O)c1ccc(CNC(=O)OC(C)(C)C)c(C)c1. The summed E-state index contributed by atoms with van der Waals surface area (Å²) >= 11 is 0. The van der Waals surface area contributed by atoms with E-state index in [1.54, 1.807) is 46.8 Å². The lowest BCUT2D eigenvalue weighted by Gasteiger charge is -2.31. The third-order valence-electron chi connectivity index (χ3n) is 11.1. The topological polar surface area (TPSA) is 96.3 Å². The van der Waals surface area contributed by atoms with Crippen LogP contribution in [-0.4, -0.2) is 48.0 Å². The Kier molecular flexibility index (Phi) is 17.4. The van der Waals surface area contributed by atoms with Crippen LogP contribution in [0.1, 0.15) is 122 Å². The lowest BCUT2D eigenvalue weighted by atomic mass is 9.86. The van der Waals surface area contributed by atoms with Gasteiger partial charge in [0.1, 0.15) is 5.60 Å². The van der Waals surface area contributed by atoms with Crippen molar-refractivity contribution < 1.29 is 80.6 Å². The summed E-state index contributed by atoms with van der Waals surface area (Å²) in [5.74, 6) is -0.861. The second kappa shape index (κ2) is 20.9. The van der Waals surface area contributed by atoms with Crippen LogP contribution < -0.4 is 5.32 Å². The monoisotopic (exact) mass is 994 g/mol. The predicted octanol–water partition coefficient (Wildman–Crippen LogP) is 14.1. The number of carbonyl (C=O) groups excluding carboxylic acids is 3. The molecule has 0 radical (unpaired) electrons. The van der Waals surface area contributed by atoms with Gasteiger partial charge in [-0.2, -0.15) is 57.9 Å². The van der Waals surface area contributed by atoms with Crippen molar-refractivity contribution in [1.82, 2.24) is 5.32 Å². The number of benzene rings is 4. The average Bonchev–Trinajstić information content (AvgIpc) is 3.21. The Labute approximate surface area is 389 Å². The van der Waals surface area contributed by atoms with Crippen molar-refractivity contribution in [3.63, 3.8) is 0 Å². The van der Waals surface area contributed by atoms with Crippen molar-refractivity contribution in [1.29, 1.82) is 5.26 Å². The Bertz CT molecular complexity index is 2570. The highest BCUT2D eigenvalue weighted by molar-refractivity contribution is 5.98. The van der Waals surface area contributed by atoms with Crippen LogP contribution in [0.4, 0.5) is 66.3 Å². The van der Waals surface area contributed by atoms with Gasteiger partial charge in [0.2, 0.25) is 0 Å². The average molecular weight is 995 g/mol. The smallest absolute Gasteiger partial charge is 0.435 e. The largest absolute Gasteiger partial charge is 0.444 e. The molecule has 4 aromatic carbocycles. The Morgan fingerprint density at radius 1 is 0.536 bits per heavy atom. The Morgan fingerprint density at radius 3 is 1.23 bits per heavy atom. The van der Waals surface area contributed by atoms with Crippen LogP contribution in [0, 0.1) is 39.0 Å². The van der Waals surface area contributed by atoms with Gasteiger partial charge in [-0.15, -0.1) is 0 Å². The summed E-state index contributed by atoms with van der Waals surface area (Å²) in [6.07, 6.45) is -26.1. The van der Waals surface area contributed by atoms with Gasteiger partial charge in [-0.05, 0) is 130 Å². The van der Waals surface area contributed by atoms with Crippen molar-refractivity contribution in [3.05, 3.63) is 139 Å². The van der Waals surface area contributed by atoms with E-state index in [2.05, 4.69) is 5.32 Å². The van der Waals surface area contributed by atoms with Gasteiger partial charge in [-0.25, -0.2) is 13.6 Å². The number of hydrogen-bond acceptors (Lipinski definition) is 5. The van der Waals surface area contributed by atoms with Crippen LogP contribution in [0.5, 0.6) is 0 Å². The Balaban J connectivity index is 0.000000373. The number of ketones is 2. The number of carbonyl (C=O) groups is 3. The molecule has 0 aliphatic heterocycles. The molecule has 4 rings (SSSR count). The van der Waals surface area contributed by atoms with E-state index in [4.69, 9.17) is 10.00 Å². The van der Waals surface area contributed by atoms with E-state index in [0.717, 1.165) is 0 Å². The molecule has 1 amide bonds. The number of nitriles is 1. The molecule has 0 atom stereocenters. The summed E-state index contributed by atoms with van der Waals surface area (Å²) < 4.78 is 192. The number of alkyl halides is 14. The number of aryl methyl sites for hydroxylation is 6. The first-order valence-electron chi connectivity index (χ1n) is 20.9. The van der Waals surface area contributed by atoms with Crippen LogP contribution in [0.3, 0.4) is 0 Å². The van der Waals surface area contributed by atoms with Crippen LogP contribution >= 0.6 is 0 Å². The number of ether oxygens (including phenoxy) is 1. The second-order valence-corrected chi connectivity index (χ2v) is 17.2. The lowest BCUT2D eigenvalue weighted by Crippen LogP contribution is -2.50. The third kappa shape index (κ3) is 12.8. The molecule has 0 fully saturated rings. The zero-order valence-electron chi connectivity index (χ0n) is 38.7. The summed E-state index contributed by atoms with van der Waals surface area (Å²) in [7, 11) is 0. The Hall–Kier alpha value is -6.00. The van der Waals surface area contributed by atoms with Gasteiger partial charge in [0, 0.05) is 41.6 Å². The molecule has 0 bridgehead atoms. The van der Waals surface area contributed by atoms with Crippen molar-refractivity contribution in [3.8, 4) is 6.07 Å². The van der Waals surface area contributed by atoms with E-state index in [1.807, 2.05) is 6.07 Å². The second-order valence-electron chi connectivity index (χ2n) is 17.2. The fourth-order valence-electron chi connectivity index (χ4n) is 7.33. The van der Waals surface area contributed by atoms with Crippen molar-refractivity contribution in [2.75, 3.05) is 0 Å². The molecule has 0 spiro atoms. The molecule has 0 aliphatic rings. The van der Waals surface area contributed by atoms with Crippen molar-refractivity contribution in [2.45, 2.75) is 136 Å². The van der Waals surface area contributed by atoms with Gasteiger partial charge in [-0.1, -0.05) is 56.3 Å². The number of alkyl carbamates (subject to hydrolysis) is 1. The summed E-state index contributed by atoms with van der Waals surface area (Å²) in [5, 5.41) is 11.6. The fraction of sp³-hybridized carbons (Fsp3) is 0.429. The molecule has 20 heteroatoms. The maximum absolute atomic E-state index is 14.6. The molecule has 376 valence electrons. The number of halogens is 14. The molecule has 1 N–H and O–H groups in total. The third-order valence-corrected chi connectivity index (χ3v) is 11.1. The first-order chi connectivity index (χ1) is 31.4. The molecular formula is C49H48F14N2O4. The first-order valence-corrected chi connectivity index (χ1v) is 20.9. The normalized spacial score (nSPS) is 12.7. The zero-order valence-corrected chi connectivity index (χ0v) is 38.7. The number of nitrogens with zero attached hydrogens (tertiary/aromatic N) is 1. The molecule has 0 heterocycles. The highest BCUT2D eigenvalue weighted by Crippen LogP contribution is 2.55. The highest BCUT2D eigenvalue weighted by atomic mass is 19.4. The van der Waals surface area contributed by atoms with E-state index in [9.17, 15) is 75.8 Å². The number of amides is 1. The summed E-state index contributed by atoms with van der Waals surface area (Å²) in [6, 6.07) is 13.1. The van der Waals surface area contributed by atoms with Crippen LogP contribution in [-0.2, 0) is 48.3 Å². The maximum atomic E-state index is 14.6. The van der Waals surface area contributed by atoms with Crippen LogP contribution in [0.15, 0.2) is 60.7 Å². The van der Waals surface area contributed by atoms with Crippen LogP contribution in [0.25, 0.3) is 0 Å². The van der Waals surface area contributed by atoms with E-state index in [-0.39, 0.29) is 76.7 Å². The molecular weight excluding hydrogens is 947 g/mol. The van der Waals surface area contributed by atoms with Gasteiger partial charge in [0.25, 0.3) is 0 Å². The first kappa shape index (κ1) is 57.3. The summed E-state index contributed by atoms with van der Waals surface area (Å²) in [6.45, 7) is 14.1. The lowest BCUT2D eigenvalue weighted by molar-refractivity contribution is -0.349. The zero-order chi connectivity index (χ0) is 53.0. The van der Waals surface area contributed by atoms with E-state index in [1.165, 1.54) is 52.0 Å². The number of hydrogen-bond donors (Lipinski definition) is 1. The van der Waals surface area contributed by atoms with Gasteiger partial charge in [-0.3, -0.25) is 9.59 Å². The minimum Gasteiger partial charge on any atom is -0.444 e. The minimum atomic E-state index is -6.22. The summed E-state index contributed by atoms with van der Waals surface area (Å²) in [4.78, 5) is 37.5. The van der Waals surface area contributed by atoms with Crippen molar-refractivity contribution >= 4 is 17.7 Å². The van der Waals surface area contributed by atoms with Gasteiger partial charge < -0.3 is 10.1 Å². The van der Waals surface area contributed by atoms with E-state index in [0.29, 0.717) is 46.5 Å². The Morgan fingerprint density at radius 2 is 0.913 bits per heavy atom. The molecule has 0 unspecified atom stereocenters. The van der Waals surface area contributed by atoms with Gasteiger partial charge in [0.15, 0.2) is 11.6 Å². The molecule has 0 saturated carbocycles. The van der Waals surface area contributed by atoms with Gasteiger partial charge >= 0.3 is 42.1 Å². The molecule has 4 aromatic rings. The quantitative estimate of drug-likeness (QED) is 0.113. The highest BCUT2D eigenvalue weighted by Gasteiger charge is 2.74. The van der Waals surface area contributed by atoms with Gasteiger partial charge in [0.05, 0.1) is 11.6 Å². The molecule has 0 saturated heterocycles. The molecule has 6 nitrogen and oxygen atoms in total. The fourth-order valence-corrected chi connectivity index (χ4v) is 7.33. The molecule has 0 aliphatic carbocycles. The number of Topliss-reactive ketones (excluding diaryl/α,β-unsaturated/α-hetero) is 2. The predicted molar refractivity (Wildman–Crippen MR) is 227 cm³/mol. The number of nitrogens with one attached hydrogen (secondary N) is 1. The van der Waals surface area contributed by atoms with E-state index >= 15 is 0 Å². The summed E-state index contributed by atoms with van der Waals surface area (Å²) in [5.41, 5.74) is -11.7. The standard InChI is InChI=1S/C27H30F7NO3.C22H18F7NO/c1-7-17-12-20(25(28,26(29,30)31)27(32,33)34)11-16(3)21(17)13-22(36)18-8-9-19(15(2)10-18)14-35-23(37)38-24(4,5)6;1-4-14-9-17(20(23,21(24,25)26)22(27,28)29)8-13(3)18(14)10-19(31)15-5-6-16(11-30)12(2)7-15/h8-12H,7,13-14H2,1-6H3,(H,35,37);5-9H,4,10H2,1-3H3. The van der Waals surface area contributed by atoms with Crippen LogP contribution in [0.2, 0.25) is 0 Å². The van der Waals surface area contributed by atoms with E-state index < -0.39 is 70.4 Å². The molecule has 0 aromatic heterocycles. The van der Waals surface area contributed by atoms with Crippen molar-refractivity contribution in [2.24, 2.45) is 0 Å². The maximum Gasteiger partial charge on any atom is 0.435 e. The minimum absolute atomic E-state index is 0.00448. The number of rotatable bonds is 12.